The summed E-state index contributed by atoms with van der Waals surface area (Å²) in [5.41, 5.74) is 0. The number of halogens is 4. The molecule has 45 heavy (non-hydrogen) atoms. The van der Waals surface area contributed by atoms with E-state index in [0.717, 1.165) is 41.5 Å². The number of carbonyl (C=O) groups excluding carboxylic acids is 6. The van der Waals surface area contributed by atoms with E-state index in [1.165, 1.54) is 0 Å². The summed E-state index contributed by atoms with van der Waals surface area (Å²) in [7, 11) is 0. The number of ether oxygens (including phenoxy) is 10. The van der Waals surface area contributed by atoms with Crippen LogP contribution in [0.1, 0.15) is 41.5 Å². The van der Waals surface area contributed by atoms with Gasteiger partial charge in [0.25, 0.3) is 0 Å². The minimum Gasteiger partial charge on any atom is -0.463 e. The highest BCUT2D eigenvalue weighted by atomic mass is 19.4. The fourth-order valence-corrected chi connectivity index (χ4v) is 4.37. The number of carbonyl (C=O) groups is 6. The maximum Gasteiger partial charge on any atom is 0.524 e. The molecule has 2 unspecified atom stereocenters. The molecule has 256 valence electrons. The van der Waals surface area contributed by atoms with Crippen LogP contribution in [0.15, 0.2) is 0 Å². The van der Waals surface area contributed by atoms with E-state index >= 15 is 4.39 Å². The van der Waals surface area contributed by atoms with Crippen molar-refractivity contribution in [3.05, 3.63) is 0 Å². The number of rotatable bonds is 11. The van der Waals surface area contributed by atoms with Crippen molar-refractivity contribution in [2.45, 2.75) is 109 Å². The lowest BCUT2D eigenvalue weighted by Crippen LogP contribution is -2.66. The highest BCUT2D eigenvalue weighted by Gasteiger charge is 2.58. The lowest BCUT2D eigenvalue weighted by molar-refractivity contribution is -0.418. The Labute approximate surface area is 252 Å². The predicted molar refractivity (Wildman–Crippen MR) is 130 cm³/mol. The van der Waals surface area contributed by atoms with E-state index in [4.69, 9.17) is 42.6 Å². The predicted octanol–water partition coefficient (Wildman–Crippen LogP) is 0.549. The molecule has 0 aromatic heterocycles. The maximum absolute atomic E-state index is 15.5. The lowest BCUT2D eigenvalue weighted by Gasteiger charge is -2.47. The molecule has 20 heteroatoms. The number of hydrogen-bond acceptors (Lipinski definition) is 16. The smallest absolute Gasteiger partial charge is 0.463 e. The van der Waals surface area contributed by atoms with Gasteiger partial charge in [-0.3, -0.25) is 33.5 Å². The van der Waals surface area contributed by atoms with Crippen molar-refractivity contribution in [2.24, 2.45) is 0 Å². The lowest BCUT2D eigenvalue weighted by atomic mass is 9.96. The summed E-state index contributed by atoms with van der Waals surface area (Å²) in [6.07, 6.45) is -26.0. The van der Waals surface area contributed by atoms with Crippen LogP contribution in [-0.2, 0) is 76.1 Å². The highest BCUT2D eigenvalue weighted by molar-refractivity contribution is 5.69. The third-order valence-electron chi connectivity index (χ3n) is 5.82. The van der Waals surface area contributed by atoms with Gasteiger partial charge >= 0.3 is 42.2 Å². The van der Waals surface area contributed by atoms with Crippen molar-refractivity contribution < 1.29 is 93.7 Å². The Bertz CT molecular complexity index is 1100. The van der Waals surface area contributed by atoms with Crippen LogP contribution in [0.2, 0.25) is 0 Å². The summed E-state index contributed by atoms with van der Waals surface area (Å²) in [4.78, 5) is 71.1. The maximum atomic E-state index is 15.5. The van der Waals surface area contributed by atoms with Gasteiger partial charge in [0, 0.05) is 41.5 Å². The zero-order chi connectivity index (χ0) is 34.2. The van der Waals surface area contributed by atoms with Gasteiger partial charge in [-0.1, -0.05) is 0 Å². The summed E-state index contributed by atoms with van der Waals surface area (Å²) < 4.78 is 105. The third-order valence-corrected chi connectivity index (χ3v) is 5.82. The Morgan fingerprint density at radius 3 is 1.40 bits per heavy atom. The summed E-state index contributed by atoms with van der Waals surface area (Å²) in [5.74, 6) is -5.96. The van der Waals surface area contributed by atoms with Crippen LogP contribution in [-0.4, -0.2) is 117 Å². The van der Waals surface area contributed by atoms with Gasteiger partial charge in [-0.15, -0.1) is 13.2 Å². The van der Waals surface area contributed by atoms with Gasteiger partial charge in [-0.25, -0.2) is 4.39 Å². The topological polar surface area (TPSA) is 195 Å². The van der Waals surface area contributed by atoms with Crippen molar-refractivity contribution in [2.75, 3.05) is 13.2 Å². The number of alkyl halides is 4. The molecule has 16 nitrogen and oxygen atoms in total. The first kappa shape index (κ1) is 37.6. The second-order valence-electron chi connectivity index (χ2n) is 9.60. The molecule has 2 saturated heterocycles. The van der Waals surface area contributed by atoms with Gasteiger partial charge < -0.3 is 42.6 Å². The molecular formula is C25H32F4O16. The Balaban J connectivity index is 2.64. The molecule has 0 N–H and O–H groups in total. The van der Waals surface area contributed by atoms with E-state index in [0.29, 0.717) is 0 Å². The summed E-state index contributed by atoms with van der Waals surface area (Å²) in [6, 6.07) is 0. The van der Waals surface area contributed by atoms with E-state index in [9.17, 15) is 41.9 Å². The summed E-state index contributed by atoms with van der Waals surface area (Å²) >= 11 is 0. The van der Waals surface area contributed by atoms with Crippen molar-refractivity contribution in [1.82, 2.24) is 0 Å². The summed E-state index contributed by atoms with van der Waals surface area (Å²) in [5, 5.41) is 0. The number of hydrogen-bond donors (Lipinski definition) is 0. The Morgan fingerprint density at radius 2 is 0.956 bits per heavy atom. The molecule has 2 aliphatic heterocycles. The average Bonchev–Trinajstić information content (AvgIpc) is 2.87. The van der Waals surface area contributed by atoms with Crippen molar-refractivity contribution in [1.29, 1.82) is 0 Å². The molecule has 2 fully saturated rings. The second-order valence-corrected chi connectivity index (χ2v) is 9.60. The van der Waals surface area contributed by atoms with Gasteiger partial charge in [0.15, 0.2) is 36.9 Å². The van der Waals surface area contributed by atoms with Crippen molar-refractivity contribution in [3.63, 3.8) is 0 Å². The minimum absolute atomic E-state index is 0.684. The van der Waals surface area contributed by atoms with Gasteiger partial charge in [0.1, 0.15) is 31.5 Å². The van der Waals surface area contributed by atoms with Gasteiger partial charge in [-0.05, 0) is 0 Å². The van der Waals surface area contributed by atoms with E-state index < -0.39 is 117 Å². The van der Waals surface area contributed by atoms with E-state index in [1.54, 1.807) is 0 Å². The molecule has 0 aromatic rings. The Kier molecular flexibility index (Phi) is 13.4. The quantitative estimate of drug-likeness (QED) is 0.169. The van der Waals surface area contributed by atoms with Gasteiger partial charge in [0.05, 0.1) is 0 Å². The van der Waals surface area contributed by atoms with Crippen LogP contribution < -0.4 is 0 Å². The molecule has 0 aromatic carbocycles. The van der Waals surface area contributed by atoms with E-state index in [1.807, 2.05) is 0 Å². The molecular weight excluding hydrogens is 632 g/mol. The standard InChI is InChI=1S/C25H32F4O16/c1-9(30)36-7-15-18(20(39-12(4)33)17(26)23(42-15)45-25(27,28)29)44-24-22(41-14(6)35)21(40-13(5)34)19(38-11(3)32)16(43-24)8-37-10(2)31/h15-24H,7-8H2,1-6H3/t15-,16-,17-,18?,19+,20-,21+,22-,23-,24?/m1/s1. The Hall–Kier alpha value is -3.62. The van der Waals surface area contributed by atoms with Crippen molar-refractivity contribution >= 4 is 35.8 Å². The molecule has 0 saturated carbocycles. The SMILES string of the molecule is CC(=O)OC[C@H]1O[C@H](OC(F)(F)F)[C@H](F)[C@@H](OC(C)=O)C1OC1O[C@H](COC(C)=O)[C@H](OC(C)=O)[C@H](OC(C)=O)[C@H]1OC(C)=O. The molecule has 0 aliphatic carbocycles. The van der Waals surface area contributed by atoms with Crippen LogP contribution in [0.25, 0.3) is 0 Å². The van der Waals surface area contributed by atoms with Crippen LogP contribution in [0.4, 0.5) is 17.6 Å². The van der Waals surface area contributed by atoms with Gasteiger partial charge in [-0.2, -0.15) is 0 Å². The first-order chi connectivity index (χ1) is 20.8. The molecule has 0 spiro atoms. The van der Waals surface area contributed by atoms with Gasteiger partial charge in [0.2, 0.25) is 6.29 Å². The third kappa shape index (κ3) is 11.7. The molecule has 0 bridgehead atoms. The first-order valence-corrected chi connectivity index (χ1v) is 13.1. The van der Waals surface area contributed by atoms with E-state index in [-0.39, 0.29) is 0 Å². The highest BCUT2D eigenvalue weighted by Crippen LogP contribution is 2.36. The molecule has 0 amide bonds. The average molecular weight is 665 g/mol. The van der Waals surface area contributed by atoms with Crippen molar-refractivity contribution in [3.8, 4) is 0 Å². The molecule has 2 heterocycles. The molecule has 2 rings (SSSR count). The first-order valence-electron chi connectivity index (χ1n) is 13.1. The zero-order valence-corrected chi connectivity index (χ0v) is 24.7. The van der Waals surface area contributed by atoms with Crippen LogP contribution in [0.5, 0.6) is 0 Å². The fourth-order valence-electron chi connectivity index (χ4n) is 4.37. The van der Waals surface area contributed by atoms with E-state index in [2.05, 4.69) is 4.74 Å². The Morgan fingerprint density at radius 1 is 0.556 bits per heavy atom. The van der Waals surface area contributed by atoms with Crippen LogP contribution >= 0.6 is 0 Å². The van der Waals surface area contributed by atoms with Crippen LogP contribution in [0, 0.1) is 0 Å². The zero-order valence-electron chi connectivity index (χ0n) is 24.7. The number of esters is 6. The molecule has 2 aliphatic rings. The van der Waals surface area contributed by atoms with Crippen LogP contribution in [0.3, 0.4) is 0 Å². The second kappa shape index (κ2) is 16.1. The molecule has 0 radical (unpaired) electrons. The summed E-state index contributed by atoms with van der Waals surface area (Å²) in [6.45, 7) is 3.99. The molecule has 10 atom stereocenters. The monoisotopic (exact) mass is 664 g/mol. The normalized spacial score (nSPS) is 31.6. The fraction of sp³-hybridized carbons (Fsp3) is 0.760. The largest absolute Gasteiger partial charge is 0.524 e. The minimum atomic E-state index is -5.44.